The summed E-state index contributed by atoms with van der Waals surface area (Å²) in [5, 5.41) is 15.3. The van der Waals surface area contributed by atoms with Crippen LogP contribution in [0.2, 0.25) is 5.54 Å². The molecule has 6 N–H and O–H groups in total. The van der Waals surface area contributed by atoms with E-state index in [-0.39, 0.29) is 79.3 Å². The van der Waals surface area contributed by atoms with E-state index < -0.39 is 73.6 Å². The van der Waals surface area contributed by atoms with E-state index in [1.165, 1.54) is 22.7 Å². The topological polar surface area (TPSA) is 282 Å². The molecular formula is C47H58FN9O12SSi. The third-order valence-electron chi connectivity index (χ3n) is 13.0. The number of carbonyl (C=O) groups is 9. The zero-order chi connectivity index (χ0) is 51.1. The van der Waals surface area contributed by atoms with E-state index >= 15 is 4.39 Å². The second-order valence-corrected chi connectivity index (χ2v) is 21.4. The number of aryl methyl sites for hydroxylation is 1. The number of imide groups is 1. The van der Waals surface area contributed by atoms with E-state index in [9.17, 15) is 47.9 Å². The number of hydrogen-bond donors (Lipinski definition) is 6. The Bertz CT molecular complexity index is 2750. The summed E-state index contributed by atoms with van der Waals surface area (Å²) in [5.74, 6) is -4.53. The first-order chi connectivity index (χ1) is 34.0. The van der Waals surface area contributed by atoms with Crippen LogP contribution in [0.15, 0.2) is 16.9 Å². The lowest BCUT2D eigenvalue weighted by Gasteiger charge is -2.29. The van der Waals surface area contributed by atoms with Gasteiger partial charge in [-0.2, -0.15) is 0 Å². The third kappa shape index (κ3) is 12.0. The zero-order valence-electron chi connectivity index (χ0n) is 40.0. The molecule has 21 nitrogen and oxygen atoms in total. The van der Waals surface area contributed by atoms with Gasteiger partial charge in [0.1, 0.15) is 25.8 Å². The van der Waals surface area contributed by atoms with Crippen LogP contribution in [-0.2, 0) is 72.2 Å². The van der Waals surface area contributed by atoms with Crippen LogP contribution < -0.4 is 37.5 Å². The van der Waals surface area contributed by atoms with Gasteiger partial charge in [0.25, 0.3) is 5.56 Å². The van der Waals surface area contributed by atoms with Crippen LogP contribution in [0.5, 0.6) is 0 Å². The molecule has 1 aromatic carbocycles. The molecule has 4 aliphatic rings. The third-order valence-corrected chi connectivity index (χ3v) is 14.7. The van der Waals surface area contributed by atoms with Gasteiger partial charge in [-0.25, -0.2) is 9.37 Å². The van der Waals surface area contributed by atoms with Gasteiger partial charge in [-0.15, -0.1) is 11.8 Å². The second kappa shape index (κ2) is 23.1. The number of amides is 8. The van der Waals surface area contributed by atoms with Crippen molar-refractivity contribution in [1.82, 2.24) is 46.4 Å². The lowest BCUT2D eigenvalue weighted by atomic mass is 9.81. The van der Waals surface area contributed by atoms with Gasteiger partial charge in [0.15, 0.2) is 0 Å². The number of benzene rings is 1. The van der Waals surface area contributed by atoms with Gasteiger partial charge in [0.2, 0.25) is 47.3 Å². The first kappa shape index (κ1) is 52.3. The van der Waals surface area contributed by atoms with E-state index in [0.29, 0.717) is 93.4 Å². The molecular weight excluding hydrogens is 962 g/mol. The predicted octanol–water partition coefficient (Wildman–Crippen LogP) is -0.713. The van der Waals surface area contributed by atoms with Gasteiger partial charge in [-0.05, 0) is 72.2 Å². The Balaban J connectivity index is 0.798. The molecule has 8 amide bonds. The number of esters is 1. The SMILES string of the molecule is CCSC1CC(=O)N(CCCCCC(=O)NCC(=O)NCC(=O)NCC(=O)NCC(=O)NCOCC(=O)N[C@H]2CCc3c(C)c(F)cc4nc5c(c2c34)Cn2c-5cc3c(c2=O)COC(=O)C3C(C)[SiH3])C1=O. The van der Waals surface area contributed by atoms with Crippen molar-refractivity contribution in [3.8, 4) is 11.4 Å². The Kier molecular flexibility index (Phi) is 17.0. The van der Waals surface area contributed by atoms with Crippen molar-refractivity contribution >= 4 is 86.1 Å². The number of carbonyl (C=O) groups excluding carboxylic acids is 9. The van der Waals surface area contributed by atoms with Crippen molar-refractivity contribution in [3.63, 3.8) is 0 Å². The minimum Gasteiger partial charge on any atom is -0.460 e. The van der Waals surface area contributed by atoms with Crippen molar-refractivity contribution in [2.75, 3.05) is 51.8 Å². The molecule has 5 heterocycles. The molecule has 71 heavy (non-hydrogen) atoms. The Labute approximate surface area is 414 Å². The highest BCUT2D eigenvalue weighted by Crippen LogP contribution is 2.46. The van der Waals surface area contributed by atoms with Gasteiger partial charge in [0, 0.05) is 46.6 Å². The highest BCUT2D eigenvalue weighted by atomic mass is 32.2. The molecule has 0 bridgehead atoms. The van der Waals surface area contributed by atoms with Crippen molar-refractivity contribution in [2.45, 2.75) is 102 Å². The molecule has 4 atom stereocenters. The van der Waals surface area contributed by atoms with Crippen LogP contribution in [0.4, 0.5) is 4.39 Å². The molecule has 1 saturated heterocycles. The second-order valence-electron chi connectivity index (χ2n) is 18.1. The lowest BCUT2D eigenvalue weighted by Crippen LogP contribution is -2.45. The summed E-state index contributed by atoms with van der Waals surface area (Å²) in [4.78, 5) is 132. The Morgan fingerprint density at radius 1 is 0.887 bits per heavy atom. The fourth-order valence-corrected chi connectivity index (χ4v) is 11.0. The van der Waals surface area contributed by atoms with Gasteiger partial charge >= 0.3 is 5.97 Å². The zero-order valence-corrected chi connectivity index (χ0v) is 42.8. The smallest absolute Gasteiger partial charge is 0.313 e. The van der Waals surface area contributed by atoms with E-state index in [1.807, 2.05) is 19.9 Å². The minimum atomic E-state index is -0.702. The summed E-state index contributed by atoms with van der Waals surface area (Å²) in [6, 6.07) is 2.64. The quantitative estimate of drug-likeness (QED) is 0.0187. The number of unbranched alkanes of at least 4 members (excludes halogenated alkanes) is 2. The van der Waals surface area contributed by atoms with Gasteiger partial charge in [0.05, 0.1) is 72.4 Å². The Morgan fingerprint density at radius 3 is 2.21 bits per heavy atom. The number of rotatable bonds is 22. The van der Waals surface area contributed by atoms with E-state index in [1.54, 1.807) is 11.5 Å². The summed E-state index contributed by atoms with van der Waals surface area (Å²) >= 11 is 1.45. The van der Waals surface area contributed by atoms with E-state index in [0.717, 1.165) is 16.9 Å². The molecule has 0 radical (unpaired) electrons. The number of halogens is 1. The molecule has 3 unspecified atom stereocenters. The lowest BCUT2D eigenvalue weighted by molar-refractivity contribution is -0.148. The van der Waals surface area contributed by atoms with Crippen LogP contribution in [0, 0.1) is 12.7 Å². The molecule has 0 spiro atoms. The number of hydrogen-bond acceptors (Lipinski definition) is 14. The fourth-order valence-electron chi connectivity index (χ4n) is 9.44. The van der Waals surface area contributed by atoms with Crippen molar-refractivity contribution < 1.29 is 57.0 Å². The van der Waals surface area contributed by atoms with Crippen molar-refractivity contribution in [1.29, 1.82) is 0 Å². The summed E-state index contributed by atoms with van der Waals surface area (Å²) in [5.41, 5.74) is 4.82. The van der Waals surface area contributed by atoms with Crippen molar-refractivity contribution in [2.24, 2.45) is 0 Å². The van der Waals surface area contributed by atoms with Gasteiger partial charge < -0.3 is 45.9 Å². The van der Waals surface area contributed by atoms with Crippen LogP contribution >= 0.6 is 11.8 Å². The molecule has 2 aromatic heterocycles. The summed E-state index contributed by atoms with van der Waals surface area (Å²) in [6.07, 6.45) is 2.87. The number of ether oxygens (including phenoxy) is 2. The van der Waals surface area contributed by atoms with Crippen LogP contribution in [-0.4, -0.2) is 135 Å². The minimum absolute atomic E-state index is 0.00544. The Hall–Kier alpha value is -6.53. The normalized spacial score (nSPS) is 18.0. The van der Waals surface area contributed by atoms with E-state index in [4.69, 9.17) is 14.5 Å². The molecule has 0 saturated carbocycles. The monoisotopic (exact) mass is 1020 g/mol. The van der Waals surface area contributed by atoms with Crippen LogP contribution in [0.3, 0.4) is 0 Å². The number of nitrogens with one attached hydrogen (secondary N) is 6. The van der Waals surface area contributed by atoms with Gasteiger partial charge in [-0.3, -0.25) is 52.8 Å². The maximum Gasteiger partial charge on any atom is 0.313 e. The van der Waals surface area contributed by atoms with E-state index in [2.05, 4.69) is 31.9 Å². The number of thioether (sulfide) groups is 1. The number of nitrogens with zero attached hydrogens (tertiary/aromatic N) is 3. The molecule has 3 aliphatic heterocycles. The Morgan fingerprint density at radius 2 is 1.55 bits per heavy atom. The predicted molar refractivity (Wildman–Crippen MR) is 259 cm³/mol. The largest absolute Gasteiger partial charge is 0.460 e. The van der Waals surface area contributed by atoms with Crippen LogP contribution in [0.25, 0.3) is 22.3 Å². The molecule has 7 rings (SSSR count). The number of fused-ring (bicyclic) bond motifs is 5. The number of aromatic nitrogens is 2. The first-order valence-electron chi connectivity index (χ1n) is 23.7. The molecule has 1 aliphatic carbocycles. The first-order valence-corrected chi connectivity index (χ1v) is 25.9. The average Bonchev–Trinajstić information content (AvgIpc) is 3.83. The summed E-state index contributed by atoms with van der Waals surface area (Å²) < 4.78 is 27.8. The fraction of sp³-hybridized carbons (Fsp3) is 0.511. The molecule has 380 valence electrons. The summed E-state index contributed by atoms with van der Waals surface area (Å²) in [6.45, 7) is 3.26. The highest BCUT2D eigenvalue weighted by molar-refractivity contribution is 8.00. The van der Waals surface area contributed by atoms with Gasteiger partial charge in [-0.1, -0.05) is 20.3 Å². The highest BCUT2D eigenvalue weighted by Gasteiger charge is 2.40. The number of cyclic esters (lactones) is 1. The number of likely N-dealkylation sites (tertiary alicyclic amines) is 1. The molecule has 24 heteroatoms. The maximum atomic E-state index is 15.3. The maximum absolute atomic E-state index is 15.3. The van der Waals surface area contributed by atoms with Crippen LogP contribution in [0.1, 0.15) is 97.7 Å². The van der Waals surface area contributed by atoms with Crippen molar-refractivity contribution in [3.05, 3.63) is 61.7 Å². The standard InChI is InChI=1S/C47H58FN9O12SSi/c1-4-70-33-14-40(64)56(46(33)66)11-7-5-6-8-34(58)49-15-35(59)50-16-36(60)51-17-37(61)52-18-38(62)53-22-68-21-39(63)54-30-10-9-25-23(2)29(48)13-31-42(25)43(30)27-19-57-32(44(27)55-31)12-26-28(45(57)65)20-69-47(67)41(26)24(3)71/h12-13,24,30,33,41H,4-11,14-22H2,1-3,71H3,(H,49,58)(H,50,59)(H,51,60)(H,52,61)(H,53,62)(H,54,63)/t24?,30-,33?,41?/m0/s1. The molecule has 3 aromatic rings. The number of pyridine rings is 2. The average molecular weight is 1020 g/mol. The molecule has 1 fully saturated rings. The summed E-state index contributed by atoms with van der Waals surface area (Å²) in [7, 11) is 0.688.